The summed E-state index contributed by atoms with van der Waals surface area (Å²) in [6.07, 6.45) is 3.20. The van der Waals surface area contributed by atoms with Gasteiger partial charge in [-0.2, -0.15) is 5.10 Å². The van der Waals surface area contributed by atoms with Crippen LogP contribution in [0.3, 0.4) is 0 Å². The summed E-state index contributed by atoms with van der Waals surface area (Å²) >= 11 is 0. The van der Waals surface area contributed by atoms with Crippen molar-refractivity contribution in [2.24, 2.45) is 10.1 Å². The molecule has 0 aliphatic heterocycles. The van der Waals surface area contributed by atoms with Gasteiger partial charge in [-0.1, -0.05) is 24.3 Å². The molecular weight excluding hydrogens is 316 g/mol. The lowest BCUT2D eigenvalue weighted by molar-refractivity contribution is 0.403. The number of amidine groups is 1. The van der Waals surface area contributed by atoms with Crippen LogP contribution in [-0.4, -0.2) is 27.2 Å². The molecule has 6 heteroatoms. The fourth-order valence-corrected chi connectivity index (χ4v) is 2.06. The molecule has 0 saturated heterocycles. The number of aliphatic imine (C=N–C) groups is 1. The van der Waals surface area contributed by atoms with E-state index in [9.17, 15) is 10.2 Å². The van der Waals surface area contributed by atoms with Gasteiger partial charge in [0.05, 0.1) is 11.9 Å². The van der Waals surface area contributed by atoms with Crippen LogP contribution < -0.4 is 5.43 Å². The van der Waals surface area contributed by atoms with Gasteiger partial charge in [0.25, 0.3) is 0 Å². The van der Waals surface area contributed by atoms with Crippen LogP contribution in [0.25, 0.3) is 0 Å². The monoisotopic (exact) mass is 332 g/mol. The minimum Gasteiger partial charge on any atom is -0.504 e. The Morgan fingerprint density at radius 3 is 2.44 bits per heavy atom. The highest BCUT2D eigenvalue weighted by Gasteiger charge is 2.04. The van der Waals surface area contributed by atoms with Crippen LogP contribution in [0.15, 0.2) is 83.0 Å². The number of pyridine rings is 1. The van der Waals surface area contributed by atoms with Gasteiger partial charge in [-0.15, -0.1) is 0 Å². The van der Waals surface area contributed by atoms with Crippen molar-refractivity contribution in [1.82, 2.24) is 10.4 Å². The summed E-state index contributed by atoms with van der Waals surface area (Å²) in [5.41, 5.74) is 4.93. The number of hydrogen-bond acceptors (Lipinski definition) is 5. The minimum absolute atomic E-state index is 0.176. The molecule has 1 heterocycles. The third-order valence-corrected chi connectivity index (χ3v) is 3.29. The second kappa shape index (κ2) is 7.74. The summed E-state index contributed by atoms with van der Waals surface area (Å²) in [6.45, 7) is 0. The number of phenolic OH excluding ortho intramolecular Hbond substituents is 2. The third kappa shape index (κ3) is 4.42. The van der Waals surface area contributed by atoms with Crippen molar-refractivity contribution >= 4 is 17.7 Å². The van der Waals surface area contributed by atoms with E-state index >= 15 is 0 Å². The third-order valence-electron chi connectivity index (χ3n) is 3.29. The summed E-state index contributed by atoms with van der Waals surface area (Å²) in [7, 11) is 0. The number of phenols is 2. The Hall–Kier alpha value is -3.67. The first-order chi connectivity index (χ1) is 12.2. The maximum absolute atomic E-state index is 9.52. The van der Waals surface area contributed by atoms with Crippen LogP contribution in [0.4, 0.5) is 5.69 Å². The number of nitrogens with zero attached hydrogens (tertiary/aromatic N) is 3. The Morgan fingerprint density at radius 2 is 1.72 bits per heavy atom. The first-order valence-corrected chi connectivity index (χ1v) is 7.58. The molecule has 3 rings (SSSR count). The molecule has 0 bridgehead atoms. The van der Waals surface area contributed by atoms with Crippen molar-refractivity contribution in [3.05, 3.63) is 84.2 Å². The number of rotatable bonds is 4. The summed E-state index contributed by atoms with van der Waals surface area (Å²) in [4.78, 5) is 8.82. The van der Waals surface area contributed by atoms with Crippen LogP contribution in [0.5, 0.6) is 11.5 Å². The van der Waals surface area contributed by atoms with Gasteiger partial charge in [-0.05, 0) is 48.0 Å². The van der Waals surface area contributed by atoms with Crippen molar-refractivity contribution < 1.29 is 10.2 Å². The molecule has 0 aliphatic carbocycles. The second-order valence-corrected chi connectivity index (χ2v) is 5.13. The zero-order valence-corrected chi connectivity index (χ0v) is 13.2. The highest BCUT2D eigenvalue weighted by Crippen LogP contribution is 2.23. The molecule has 2 aromatic carbocycles. The normalized spacial score (nSPS) is 11.6. The van der Waals surface area contributed by atoms with Crippen LogP contribution in [0.2, 0.25) is 0 Å². The maximum Gasteiger partial charge on any atom is 0.172 e. The first kappa shape index (κ1) is 16.2. The van der Waals surface area contributed by atoms with Gasteiger partial charge >= 0.3 is 0 Å². The van der Waals surface area contributed by atoms with E-state index < -0.39 is 0 Å². The summed E-state index contributed by atoms with van der Waals surface area (Å²) in [6, 6.07) is 19.4. The number of hydrogen-bond donors (Lipinski definition) is 3. The van der Waals surface area contributed by atoms with E-state index in [0.717, 1.165) is 5.69 Å². The van der Waals surface area contributed by atoms with Crippen molar-refractivity contribution in [3.63, 3.8) is 0 Å². The van der Waals surface area contributed by atoms with Gasteiger partial charge in [0.15, 0.2) is 17.3 Å². The molecule has 6 nitrogen and oxygen atoms in total. The molecule has 3 N–H and O–H groups in total. The van der Waals surface area contributed by atoms with Crippen molar-refractivity contribution in [2.75, 3.05) is 0 Å². The highest BCUT2D eigenvalue weighted by atomic mass is 16.3. The fourth-order valence-electron chi connectivity index (χ4n) is 2.06. The molecule has 25 heavy (non-hydrogen) atoms. The smallest absolute Gasteiger partial charge is 0.172 e. The van der Waals surface area contributed by atoms with Crippen molar-refractivity contribution in [1.29, 1.82) is 0 Å². The molecule has 0 amide bonds. The molecule has 0 fully saturated rings. The average Bonchev–Trinajstić information content (AvgIpc) is 2.65. The van der Waals surface area contributed by atoms with E-state index in [1.165, 1.54) is 18.3 Å². The van der Waals surface area contributed by atoms with E-state index in [0.29, 0.717) is 17.1 Å². The molecule has 0 saturated carbocycles. The summed E-state index contributed by atoms with van der Waals surface area (Å²) < 4.78 is 0. The largest absolute Gasteiger partial charge is 0.504 e. The van der Waals surface area contributed by atoms with Crippen molar-refractivity contribution in [3.8, 4) is 11.5 Å². The lowest BCUT2D eigenvalue weighted by atomic mass is 10.2. The van der Waals surface area contributed by atoms with E-state index in [-0.39, 0.29) is 11.5 Å². The van der Waals surface area contributed by atoms with Crippen LogP contribution in [-0.2, 0) is 0 Å². The van der Waals surface area contributed by atoms with Crippen LogP contribution in [0.1, 0.15) is 11.3 Å². The number of hydrazone groups is 1. The van der Waals surface area contributed by atoms with Crippen LogP contribution >= 0.6 is 0 Å². The van der Waals surface area contributed by atoms with E-state index in [2.05, 4.69) is 20.5 Å². The fraction of sp³-hybridized carbons (Fsp3) is 0. The molecule has 0 atom stereocenters. The number of nitrogens with one attached hydrogen (secondary N) is 1. The molecule has 0 aliphatic rings. The number of aromatic hydroxyl groups is 2. The molecule has 1 aromatic heterocycles. The number of benzene rings is 2. The number of aromatic nitrogens is 1. The van der Waals surface area contributed by atoms with Gasteiger partial charge in [0.2, 0.25) is 0 Å². The lowest BCUT2D eigenvalue weighted by Gasteiger charge is -2.05. The Bertz CT molecular complexity index is 894. The van der Waals surface area contributed by atoms with Gasteiger partial charge in [-0.25, -0.2) is 4.99 Å². The predicted molar refractivity (Wildman–Crippen MR) is 97.4 cm³/mol. The standard InChI is InChI=1S/C19H16N4O2/c24-17-10-9-14(12-18(17)25)13-21-23-19(16-8-4-5-11-20-16)22-15-6-2-1-3-7-15/h1-13,24-25H,(H,22,23). The molecule has 0 unspecified atom stereocenters. The highest BCUT2D eigenvalue weighted by molar-refractivity contribution is 5.99. The second-order valence-electron chi connectivity index (χ2n) is 5.13. The van der Waals surface area contributed by atoms with E-state index in [1.54, 1.807) is 12.3 Å². The molecule has 124 valence electrons. The van der Waals surface area contributed by atoms with E-state index in [1.807, 2.05) is 48.5 Å². The SMILES string of the molecule is Oc1ccc(C=NNC(=Nc2ccccc2)c2ccccn2)cc1O. The minimum atomic E-state index is -0.202. The van der Waals surface area contributed by atoms with Gasteiger partial charge in [-0.3, -0.25) is 10.4 Å². The van der Waals surface area contributed by atoms with Gasteiger partial charge in [0, 0.05) is 6.20 Å². The van der Waals surface area contributed by atoms with Gasteiger partial charge in [0.1, 0.15) is 5.69 Å². The Labute approximate surface area is 144 Å². The quantitative estimate of drug-likeness (QED) is 0.296. The van der Waals surface area contributed by atoms with Gasteiger partial charge < -0.3 is 10.2 Å². The average molecular weight is 332 g/mol. The Balaban J connectivity index is 1.84. The molecular formula is C19H16N4O2. The molecule has 0 spiro atoms. The van der Waals surface area contributed by atoms with Crippen LogP contribution in [0, 0.1) is 0 Å². The molecule has 0 radical (unpaired) electrons. The first-order valence-electron chi connectivity index (χ1n) is 7.58. The Morgan fingerprint density at radius 1 is 0.920 bits per heavy atom. The lowest BCUT2D eigenvalue weighted by Crippen LogP contribution is -2.20. The topological polar surface area (TPSA) is 90.1 Å². The zero-order chi connectivity index (χ0) is 17.5. The zero-order valence-electron chi connectivity index (χ0n) is 13.2. The summed E-state index contributed by atoms with van der Waals surface area (Å²) in [5.74, 6) is 0.114. The number of para-hydroxylation sites is 1. The summed E-state index contributed by atoms with van der Waals surface area (Å²) in [5, 5.41) is 23.0. The maximum atomic E-state index is 9.52. The molecule has 3 aromatic rings. The predicted octanol–water partition coefficient (Wildman–Crippen LogP) is 3.19. The van der Waals surface area contributed by atoms with E-state index in [4.69, 9.17) is 0 Å². The van der Waals surface area contributed by atoms with Crippen molar-refractivity contribution in [2.45, 2.75) is 0 Å². The Kier molecular flexibility index (Phi) is 5.01.